The van der Waals surface area contributed by atoms with Crippen molar-refractivity contribution in [3.05, 3.63) is 46.0 Å². The highest BCUT2D eigenvalue weighted by molar-refractivity contribution is 9.09. The van der Waals surface area contributed by atoms with Crippen molar-refractivity contribution in [3.63, 3.8) is 0 Å². The molecule has 0 N–H and O–H groups in total. The molecule has 1 unspecified atom stereocenters. The van der Waals surface area contributed by atoms with E-state index in [0.29, 0.717) is 5.56 Å². The summed E-state index contributed by atoms with van der Waals surface area (Å²) in [4.78, 5) is 9.09. The van der Waals surface area contributed by atoms with E-state index >= 15 is 0 Å². The van der Waals surface area contributed by atoms with Gasteiger partial charge in [0.15, 0.2) is 0 Å². The van der Waals surface area contributed by atoms with Crippen LogP contribution >= 0.6 is 15.9 Å². The van der Waals surface area contributed by atoms with Crippen LogP contribution in [0.5, 0.6) is 0 Å². The molecule has 0 aliphatic rings. The zero-order chi connectivity index (χ0) is 8.27. The maximum Gasteiger partial charge on any atom is 0.290 e. The van der Waals surface area contributed by atoms with Gasteiger partial charge in [-0.05, 0) is 0 Å². The fourth-order valence-corrected chi connectivity index (χ4v) is 1.04. The molecule has 0 aliphatic carbocycles. The van der Waals surface area contributed by atoms with Crippen LogP contribution < -0.4 is 0 Å². The molecule has 0 bridgehead atoms. The summed E-state index contributed by atoms with van der Waals surface area (Å²) in [5.74, 6) is 0. The number of hydrogen-bond acceptors (Lipinski definition) is 2. The average molecular weight is 216 g/mol. The maximum absolute atomic E-state index is 10.3. The van der Waals surface area contributed by atoms with Gasteiger partial charge in [0.1, 0.15) is 0 Å². The van der Waals surface area contributed by atoms with E-state index in [1.54, 1.807) is 24.3 Å². The number of nitro groups is 1. The number of halogens is 1. The number of alkyl halides is 1. The summed E-state index contributed by atoms with van der Waals surface area (Å²) >= 11 is 2.95. The Hall–Kier alpha value is -0.900. The molecule has 0 amide bonds. The SMILES string of the molecule is O=[N+]([O-])C(Br)c1ccccc1. The molecule has 0 aliphatic heterocycles. The third-order valence-corrected chi connectivity index (χ3v) is 2.12. The summed E-state index contributed by atoms with van der Waals surface area (Å²) in [6, 6.07) is 8.79. The van der Waals surface area contributed by atoms with Gasteiger partial charge in [0.25, 0.3) is 4.95 Å². The highest BCUT2D eigenvalue weighted by atomic mass is 79.9. The summed E-state index contributed by atoms with van der Waals surface area (Å²) < 4.78 is 0. The molecule has 0 saturated carbocycles. The lowest BCUT2D eigenvalue weighted by Gasteiger charge is -1.99. The molecule has 1 atom stereocenters. The molecule has 0 spiro atoms. The van der Waals surface area contributed by atoms with Crippen LogP contribution in [0.25, 0.3) is 0 Å². The topological polar surface area (TPSA) is 43.1 Å². The largest absolute Gasteiger partial charge is 0.290 e. The van der Waals surface area contributed by atoms with Crippen molar-refractivity contribution in [3.8, 4) is 0 Å². The van der Waals surface area contributed by atoms with Gasteiger partial charge in [0, 0.05) is 26.4 Å². The maximum atomic E-state index is 10.3. The molecular weight excluding hydrogens is 210 g/mol. The normalized spacial score (nSPS) is 12.5. The Labute approximate surface area is 72.3 Å². The number of nitrogens with zero attached hydrogens (tertiary/aromatic N) is 1. The summed E-state index contributed by atoms with van der Waals surface area (Å²) in [6.07, 6.45) is 0. The first-order chi connectivity index (χ1) is 5.22. The van der Waals surface area contributed by atoms with Crippen LogP contribution in [0.1, 0.15) is 10.5 Å². The zero-order valence-corrected chi connectivity index (χ0v) is 7.19. The fraction of sp³-hybridized carbons (Fsp3) is 0.143. The van der Waals surface area contributed by atoms with Crippen molar-refractivity contribution in [2.75, 3.05) is 0 Å². The first kappa shape index (κ1) is 8.20. The second-order valence-corrected chi connectivity index (χ2v) is 2.90. The Balaban J connectivity index is 2.85. The van der Waals surface area contributed by atoms with Crippen LogP contribution in [0.2, 0.25) is 0 Å². The molecule has 58 valence electrons. The van der Waals surface area contributed by atoms with Crippen LogP contribution in [0.3, 0.4) is 0 Å². The van der Waals surface area contributed by atoms with E-state index in [1.807, 2.05) is 6.07 Å². The summed E-state index contributed by atoms with van der Waals surface area (Å²) in [7, 11) is 0. The second-order valence-electron chi connectivity index (χ2n) is 2.03. The summed E-state index contributed by atoms with van der Waals surface area (Å²) in [6.45, 7) is 0. The van der Waals surface area contributed by atoms with Gasteiger partial charge in [0.05, 0.1) is 0 Å². The Kier molecular flexibility index (Phi) is 2.59. The molecule has 4 heteroatoms. The Morgan fingerprint density at radius 3 is 2.36 bits per heavy atom. The summed E-state index contributed by atoms with van der Waals surface area (Å²) in [5, 5.41) is 10.3. The van der Waals surface area contributed by atoms with Gasteiger partial charge >= 0.3 is 0 Å². The zero-order valence-electron chi connectivity index (χ0n) is 5.61. The quantitative estimate of drug-likeness (QED) is 0.329. The smallest absolute Gasteiger partial charge is 0.263 e. The van der Waals surface area contributed by atoms with Gasteiger partial charge in [0.2, 0.25) is 0 Å². The van der Waals surface area contributed by atoms with Crippen molar-refractivity contribution in [2.24, 2.45) is 0 Å². The number of rotatable bonds is 2. The lowest BCUT2D eigenvalue weighted by atomic mass is 10.2. The number of benzene rings is 1. The molecule has 1 rings (SSSR count). The van der Waals surface area contributed by atoms with Gasteiger partial charge in [-0.25, -0.2) is 0 Å². The minimum atomic E-state index is -0.788. The highest BCUT2D eigenvalue weighted by Gasteiger charge is 2.16. The predicted octanol–water partition coefficient (Wildman–Crippen LogP) is 2.36. The molecule has 0 saturated heterocycles. The van der Waals surface area contributed by atoms with Crippen LogP contribution in [0.15, 0.2) is 30.3 Å². The highest BCUT2D eigenvalue weighted by Crippen LogP contribution is 2.21. The minimum Gasteiger partial charge on any atom is -0.263 e. The van der Waals surface area contributed by atoms with Crippen LogP contribution in [0.4, 0.5) is 0 Å². The standard InChI is InChI=1S/C7H6BrNO2/c8-7(9(10)11)6-4-2-1-3-5-6/h1-5,7H. The first-order valence-corrected chi connectivity index (χ1v) is 3.96. The third kappa shape index (κ3) is 2.01. The first-order valence-electron chi connectivity index (χ1n) is 3.04. The van der Waals surface area contributed by atoms with Gasteiger partial charge < -0.3 is 0 Å². The molecule has 0 aromatic heterocycles. The molecule has 11 heavy (non-hydrogen) atoms. The predicted molar refractivity (Wildman–Crippen MR) is 45.1 cm³/mol. The van der Waals surface area contributed by atoms with Crippen LogP contribution in [-0.2, 0) is 0 Å². The molecule has 0 radical (unpaired) electrons. The lowest BCUT2D eigenvalue weighted by Crippen LogP contribution is -2.01. The van der Waals surface area contributed by atoms with Crippen LogP contribution in [-0.4, -0.2) is 4.92 Å². The molecule has 3 nitrogen and oxygen atoms in total. The molecule has 0 fully saturated rings. The van der Waals surface area contributed by atoms with E-state index in [2.05, 4.69) is 15.9 Å². The van der Waals surface area contributed by atoms with E-state index in [-0.39, 0.29) is 4.92 Å². The minimum absolute atomic E-state index is 0.380. The Morgan fingerprint density at radius 2 is 1.91 bits per heavy atom. The Bertz CT molecular complexity index is 250. The van der Waals surface area contributed by atoms with Gasteiger partial charge in [-0.3, -0.25) is 10.1 Å². The van der Waals surface area contributed by atoms with Gasteiger partial charge in [-0.15, -0.1) is 0 Å². The summed E-state index contributed by atoms with van der Waals surface area (Å²) in [5.41, 5.74) is 0.664. The van der Waals surface area contributed by atoms with Crippen molar-refractivity contribution in [2.45, 2.75) is 4.95 Å². The lowest BCUT2D eigenvalue weighted by molar-refractivity contribution is -0.498. The number of hydrogen-bond donors (Lipinski definition) is 0. The van der Waals surface area contributed by atoms with Crippen molar-refractivity contribution in [1.82, 2.24) is 0 Å². The Morgan fingerprint density at radius 1 is 1.36 bits per heavy atom. The van der Waals surface area contributed by atoms with E-state index in [1.165, 1.54) is 0 Å². The van der Waals surface area contributed by atoms with Crippen molar-refractivity contribution in [1.29, 1.82) is 0 Å². The second kappa shape index (κ2) is 3.48. The van der Waals surface area contributed by atoms with Gasteiger partial charge in [-0.1, -0.05) is 30.3 Å². The van der Waals surface area contributed by atoms with E-state index < -0.39 is 4.95 Å². The van der Waals surface area contributed by atoms with Crippen LogP contribution in [0, 0.1) is 10.1 Å². The fourth-order valence-electron chi connectivity index (χ4n) is 0.734. The van der Waals surface area contributed by atoms with Gasteiger partial charge in [-0.2, -0.15) is 0 Å². The monoisotopic (exact) mass is 215 g/mol. The van der Waals surface area contributed by atoms with Crippen molar-refractivity contribution >= 4 is 15.9 Å². The molecule has 0 heterocycles. The van der Waals surface area contributed by atoms with E-state index in [9.17, 15) is 10.1 Å². The van der Waals surface area contributed by atoms with E-state index in [0.717, 1.165) is 0 Å². The van der Waals surface area contributed by atoms with Crippen molar-refractivity contribution < 1.29 is 4.92 Å². The third-order valence-electron chi connectivity index (χ3n) is 1.26. The molecular formula is C7H6BrNO2. The molecule has 1 aromatic rings. The average Bonchev–Trinajstić information content (AvgIpc) is 2.05. The molecule has 1 aromatic carbocycles. The van der Waals surface area contributed by atoms with E-state index in [4.69, 9.17) is 0 Å².